The van der Waals surface area contributed by atoms with Gasteiger partial charge < -0.3 is 0 Å². The van der Waals surface area contributed by atoms with Crippen molar-refractivity contribution in [2.45, 2.75) is 37.8 Å². The highest BCUT2D eigenvalue weighted by Crippen LogP contribution is 2.32. The van der Waals surface area contributed by atoms with Gasteiger partial charge in [-0.05, 0) is 31.0 Å². The monoisotopic (exact) mass is 300 g/mol. The number of carbonyl (C=O) groups is 1. The SMILES string of the molecule is CC(=O)c1ccc(Br)cc1SC(C)C(C)C. The van der Waals surface area contributed by atoms with Crippen molar-refractivity contribution in [3.8, 4) is 0 Å². The predicted octanol–water partition coefficient (Wildman–Crippen LogP) is 4.79. The van der Waals surface area contributed by atoms with E-state index in [2.05, 4.69) is 36.7 Å². The normalized spacial score (nSPS) is 12.9. The number of rotatable bonds is 4. The number of halogens is 1. The molecule has 0 radical (unpaired) electrons. The van der Waals surface area contributed by atoms with E-state index in [-0.39, 0.29) is 5.78 Å². The van der Waals surface area contributed by atoms with Crippen LogP contribution in [0.25, 0.3) is 0 Å². The van der Waals surface area contributed by atoms with Crippen LogP contribution in [0, 0.1) is 5.92 Å². The molecule has 0 N–H and O–H groups in total. The summed E-state index contributed by atoms with van der Waals surface area (Å²) in [4.78, 5) is 12.6. The van der Waals surface area contributed by atoms with Crippen LogP contribution < -0.4 is 0 Å². The third-order valence-corrected chi connectivity index (χ3v) is 4.58. The summed E-state index contributed by atoms with van der Waals surface area (Å²) < 4.78 is 1.02. The topological polar surface area (TPSA) is 17.1 Å². The lowest BCUT2D eigenvalue weighted by molar-refractivity contribution is 0.101. The van der Waals surface area contributed by atoms with Crippen molar-refractivity contribution in [1.82, 2.24) is 0 Å². The van der Waals surface area contributed by atoms with Crippen molar-refractivity contribution in [1.29, 1.82) is 0 Å². The Balaban J connectivity index is 3.01. The molecule has 0 saturated carbocycles. The van der Waals surface area contributed by atoms with E-state index in [1.807, 2.05) is 18.2 Å². The third-order valence-electron chi connectivity index (χ3n) is 2.57. The van der Waals surface area contributed by atoms with Gasteiger partial charge in [-0.25, -0.2) is 0 Å². The molecule has 1 aromatic carbocycles. The second-order valence-electron chi connectivity index (χ2n) is 4.26. The summed E-state index contributed by atoms with van der Waals surface area (Å²) in [6, 6.07) is 5.84. The summed E-state index contributed by atoms with van der Waals surface area (Å²) in [7, 11) is 0. The molecule has 0 heterocycles. The second kappa shape index (κ2) is 5.87. The number of hydrogen-bond acceptors (Lipinski definition) is 2. The van der Waals surface area contributed by atoms with Crippen LogP contribution in [0.1, 0.15) is 38.1 Å². The average molecular weight is 301 g/mol. The van der Waals surface area contributed by atoms with Crippen molar-refractivity contribution in [3.63, 3.8) is 0 Å². The summed E-state index contributed by atoms with van der Waals surface area (Å²) in [6.45, 7) is 8.21. The molecule has 0 spiro atoms. The first-order chi connectivity index (χ1) is 7.41. The van der Waals surface area contributed by atoms with Crippen LogP contribution in [0.2, 0.25) is 0 Å². The minimum Gasteiger partial charge on any atom is -0.294 e. The molecule has 3 heteroatoms. The molecule has 0 aliphatic rings. The molecule has 0 aromatic heterocycles. The van der Waals surface area contributed by atoms with E-state index in [0.29, 0.717) is 11.2 Å². The predicted molar refractivity (Wildman–Crippen MR) is 74.3 cm³/mol. The van der Waals surface area contributed by atoms with Gasteiger partial charge in [0.15, 0.2) is 5.78 Å². The van der Waals surface area contributed by atoms with Crippen molar-refractivity contribution < 1.29 is 4.79 Å². The Kier molecular flexibility index (Phi) is 5.06. The Morgan fingerprint density at radius 1 is 1.31 bits per heavy atom. The molecule has 16 heavy (non-hydrogen) atoms. The summed E-state index contributed by atoms with van der Waals surface area (Å²) in [5, 5.41) is 0.507. The Bertz CT molecular complexity index is 388. The third kappa shape index (κ3) is 3.63. The van der Waals surface area contributed by atoms with E-state index in [4.69, 9.17) is 0 Å². The van der Waals surface area contributed by atoms with Gasteiger partial charge in [0.05, 0.1) is 0 Å². The van der Waals surface area contributed by atoms with Crippen LogP contribution >= 0.6 is 27.7 Å². The zero-order chi connectivity index (χ0) is 12.3. The van der Waals surface area contributed by atoms with Crippen molar-refractivity contribution in [2.24, 2.45) is 5.92 Å². The first-order valence-corrected chi connectivity index (χ1v) is 7.06. The van der Waals surface area contributed by atoms with E-state index < -0.39 is 0 Å². The van der Waals surface area contributed by atoms with Crippen LogP contribution in [-0.4, -0.2) is 11.0 Å². The highest BCUT2D eigenvalue weighted by atomic mass is 79.9. The van der Waals surface area contributed by atoms with Gasteiger partial charge in [0.25, 0.3) is 0 Å². The molecule has 1 rings (SSSR count). The van der Waals surface area contributed by atoms with Crippen molar-refractivity contribution in [2.75, 3.05) is 0 Å². The molecular weight excluding hydrogens is 284 g/mol. The lowest BCUT2D eigenvalue weighted by Gasteiger charge is -2.16. The number of ketones is 1. The molecule has 0 aliphatic carbocycles. The molecule has 0 saturated heterocycles. The molecular formula is C13H17BrOS. The van der Waals surface area contributed by atoms with Crippen LogP contribution in [-0.2, 0) is 0 Å². The van der Waals surface area contributed by atoms with Crippen molar-refractivity contribution in [3.05, 3.63) is 28.2 Å². The molecule has 0 fully saturated rings. The van der Waals surface area contributed by atoms with Gasteiger partial charge in [0.1, 0.15) is 0 Å². The van der Waals surface area contributed by atoms with E-state index in [1.54, 1.807) is 18.7 Å². The van der Waals surface area contributed by atoms with E-state index in [9.17, 15) is 4.79 Å². The lowest BCUT2D eigenvalue weighted by atomic mass is 10.1. The van der Waals surface area contributed by atoms with Crippen molar-refractivity contribution >= 4 is 33.5 Å². The summed E-state index contributed by atoms with van der Waals surface area (Å²) >= 11 is 5.22. The van der Waals surface area contributed by atoms with E-state index in [0.717, 1.165) is 14.9 Å². The minimum atomic E-state index is 0.131. The molecule has 0 bridgehead atoms. The highest BCUT2D eigenvalue weighted by Gasteiger charge is 2.14. The minimum absolute atomic E-state index is 0.131. The van der Waals surface area contributed by atoms with E-state index >= 15 is 0 Å². The van der Waals surface area contributed by atoms with Crippen LogP contribution in [0.4, 0.5) is 0 Å². The number of carbonyl (C=O) groups excluding carboxylic acids is 1. The van der Waals surface area contributed by atoms with Gasteiger partial charge in [-0.15, -0.1) is 11.8 Å². The molecule has 1 atom stereocenters. The average Bonchev–Trinajstić information content (AvgIpc) is 2.16. The molecule has 0 aliphatic heterocycles. The summed E-state index contributed by atoms with van der Waals surface area (Å²) in [5.41, 5.74) is 0.820. The first kappa shape index (κ1) is 13.8. The number of benzene rings is 1. The smallest absolute Gasteiger partial charge is 0.160 e. The summed E-state index contributed by atoms with van der Waals surface area (Å²) in [6.07, 6.45) is 0. The molecule has 1 nitrogen and oxygen atoms in total. The largest absolute Gasteiger partial charge is 0.294 e. The maximum atomic E-state index is 11.5. The Hall–Kier alpha value is -0.280. The number of thioether (sulfide) groups is 1. The zero-order valence-electron chi connectivity index (χ0n) is 10.1. The number of hydrogen-bond donors (Lipinski definition) is 0. The maximum Gasteiger partial charge on any atom is 0.160 e. The fraction of sp³-hybridized carbons (Fsp3) is 0.462. The highest BCUT2D eigenvalue weighted by molar-refractivity contribution is 9.10. The quantitative estimate of drug-likeness (QED) is 0.587. The van der Waals surface area contributed by atoms with Gasteiger partial charge in [-0.1, -0.05) is 36.7 Å². The molecule has 0 amide bonds. The van der Waals surface area contributed by atoms with Gasteiger partial charge in [0.2, 0.25) is 0 Å². The van der Waals surface area contributed by atoms with E-state index in [1.165, 1.54) is 0 Å². The van der Waals surface area contributed by atoms with Crippen LogP contribution in [0.15, 0.2) is 27.6 Å². The Morgan fingerprint density at radius 3 is 2.44 bits per heavy atom. The molecule has 88 valence electrons. The molecule has 1 unspecified atom stereocenters. The number of Topliss-reactive ketones (excluding diaryl/α,β-unsaturated/α-hetero) is 1. The van der Waals surface area contributed by atoms with Gasteiger partial charge in [0, 0.05) is 20.2 Å². The fourth-order valence-corrected chi connectivity index (χ4v) is 2.94. The second-order valence-corrected chi connectivity index (χ2v) is 6.60. The van der Waals surface area contributed by atoms with Gasteiger partial charge >= 0.3 is 0 Å². The van der Waals surface area contributed by atoms with Crippen LogP contribution in [0.3, 0.4) is 0 Å². The molecule has 1 aromatic rings. The maximum absolute atomic E-state index is 11.5. The first-order valence-electron chi connectivity index (χ1n) is 5.39. The fourth-order valence-electron chi connectivity index (χ4n) is 1.22. The van der Waals surface area contributed by atoms with Crippen LogP contribution in [0.5, 0.6) is 0 Å². The van der Waals surface area contributed by atoms with Gasteiger partial charge in [-0.3, -0.25) is 4.79 Å². The lowest BCUT2D eigenvalue weighted by Crippen LogP contribution is -2.07. The Morgan fingerprint density at radius 2 is 1.94 bits per heavy atom. The summed E-state index contributed by atoms with van der Waals surface area (Å²) in [5.74, 6) is 0.731. The standard InChI is InChI=1S/C13H17BrOS/c1-8(2)10(4)16-13-7-11(14)5-6-12(13)9(3)15/h5-8,10H,1-4H3. The Labute approximate surface area is 110 Å². The zero-order valence-corrected chi connectivity index (χ0v) is 12.5. The van der Waals surface area contributed by atoms with Gasteiger partial charge in [-0.2, -0.15) is 0 Å².